The Bertz CT molecular complexity index is 222. The standard InChI is InChI=1S/C11H19NO3/c1-2-3-4-10(13)12-9-11(14)5-7-15-8-6-11/h2,14H,1,3-9H2,(H,12,13). The zero-order chi connectivity index (χ0) is 11.1. The highest BCUT2D eigenvalue weighted by Gasteiger charge is 2.29. The molecule has 0 bridgehead atoms. The average Bonchev–Trinajstić information content (AvgIpc) is 2.25. The molecule has 0 atom stereocenters. The lowest BCUT2D eigenvalue weighted by Crippen LogP contribution is -2.46. The Kier molecular flexibility index (Phi) is 4.78. The zero-order valence-electron chi connectivity index (χ0n) is 9.00. The fourth-order valence-corrected chi connectivity index (χ4v) is 1.51. The van der Waals surface area contributed by atoms with Crippen molar-refractivity contribution in [1.82, 2.24) is 5.32 Å². The van der Waals surface area contributed by atoms with Crippen molar-refractivity contribution >= 4 is 5.91 Å². The molecule has 4 nitrogen and oxygen atoms in total. The fraction of sp³-hybridized carbons (Fsp3) is 0.727. The molecule has 1 aliphatic rings. The van der Waals surface area contributed by atoms with E-state index in [9.17, 15) is 9.90 Å². The summed E-state index contributed by atoms with van der Waals surface area (Å²) in [4.78, 5) is 11.3. The van der Waals surface area contributed by atoms with Crippen molar-refractivity contribution in [1.29, 1.82) is 0 Å². The minimum absolute atomic E-state index is 0.0326. The predicted molar refractivity (Wildman–Crippen MR) is 57.4 cm³/mol. The number of amides is 1. The predicted octanol–water partition coefficient (Wildman–Crippen LogP) is 0.610. The molecule has 0 saturated carbocycles. The van der Waals surface area contributed by atoms with E-state index in [0.717, 1.165) is 0 Å². The topological polar surface area (TPSA) is 58.6 Å². The molecule has 0 radical (unpaired) electrons. The molecule has 1 heterocycles. The Labute approximate surface area is 90.3 Å². The number of hydrogen-bond donors (Lipinski definition) is 2. The smallest absolute Gasteiger partial charge is 0.220 e. The lowest BCUT2D eigenvalue weighted by atomic mass is 9.94. The highest BCUT2D eigenvalue weighted by atomic mass is 16.5. The number of carbonyl (C=O) groups excluding carboxylic acids is 1. The molecule has 86 valence electrons. The molecule has 1 aliphatic heterocycles. The van der Waals surface area contributed by atoms with E-state index in [4.69, 9.17) is 4.74 Å². The van der Waals surface area contributed by atoms with Gasteiger partial charge in [-0.15, -0.1) is 6.58 Å². The second-order valence-corrected chi connectivity index (χ2v) is 3.94. The fourth-order valence-electron chi connectivity index (χ4n) is 1.51. The van der Waals surface area contributed by atoms with Crippen molar-refractivity contribution < 1.29 is 14.6 Å². The number of carbonyl (C=O) groups is 1. The van der Waals surface area contributed by atoms with E-state index >= 15 is 0 Å². The van der Waals surface area contributed by atoms with Crippen molar-refractivity contribution in [2.45, 2.75) is 31.3 Å². The number of aliphatic hydroxyl groups is 1. The Balaban J connectivity index is 2.22. The van der Waals surface area contributed by atoms with E-state index in [1.807, 2.05) is 0 Å². The van der Waals surface area contributed by atoms with Gasteiger partial charge in [0, 0.05) is 39.0 Å². The van der Waals surface area contributed by atoms with Crippen LogP contribution in [0, 0.1) is 0 Å². The van der Waals surface area contributed by atoms with E-state index in [1.165, 1.54) is 0 Å². The molecule has 1 fully saturated rings. The first-order valence-electron chi connectivity index (χ1n) is 5.34. The number of ether oxygens (including phenoxy) is 1. The molecule has 0 unspecified atom stereocenters. The van der Waals surface area contributed by atoms with Crippen molar-refractivity contribution in [3.63, 3.8) is 0 Å². The van der Waals surface area contributed by atoms with Crippen LogP contribution in [0.2, 0.25) is 0 Å². The Morgan fingerprint density at radius 1 is 1.53 bits per heavy atom. The van der Waals surface area contributed by atoms with Gasteiger partial charge < -0.3 is 15.2 Å². The summed E-state index contributed by atoms with van der Waals surface area (Å²) in [5, 5.41) is 12.8. The lowest BCUT2D eigenvalue weighted by Gasteiger charge is -2.32. The third kappa shape index (κ3) is 4.44. The van der Waals surface area contributed by atoms with E-state index in [0.29, 0.717) is 45.4 Å². The molecule has 4 heteroatoms. The lowest BCUT2D eigenvalue weighted by molar-refractivity contribution is -0.123. The first-order valence-corrected chi connectivity index (χ1v) is 5.34. The van der Waals surface area contributed by atoms with Gasteiger partial charge >= 0.3 is 0 Å². The van der Waals surface area contributed by atoms with Crippen LogP contribution in [0.4, 0.5) is 0 Å². The van der Waals surface area contributed by atoms with Gasteiger partial charge in [0.05, 0.1) is 5.60 Å². The molecule has 1 rings (SSSR count). The molecule has 0 aliphatic carbocycles. The summed E-state index contributed by atoms with van der Waals surface area (Å²) in [5.74, 6) is -0.0326. The summed E-state index contributed by atoms with van der Waals surface area (Å²) in [6.07, 6.45) is 4.01. The second-order valence-electron chi connectivity index (χ2n) is 3.94. The Hall–Kier alpha value is -0.870. The second kappa shape index (κ2) is 5.88. The third-order valence-electron chi connectivity index (χ3n) is 2.61. The van der Waals surface area contributed by atoms with E-state index in [2.05, 4.69) is 11.9 Å². The summed E-state index contributed by atoms with van der Waals surface area (Å²) >= 11 is 0. The van der Waals surface area contributed by atoms with Gasteiger partial charge in [-0.05, 0) is 6.42 Å². The summed E-state index contributed by atoms with van der Waals surface area (Å²) in [5.41, 5.74) is -0.776. The van der Waals surface area contributed by atoms with Crippen LogP contribution in [-0.2, 0) is 9.53 Å². The SMILES string of the molecule is C=CCCC(=O)NCC1(O)CCOCC1. The van der Waals surface area contributed by atoms with E-state index in [1.54, 1.807) is 6.08 Å². The molecule has 0 aromatic rings. The van der Waals surface area contributed by atoms with E-state index < -0.39 is 5.60 Å². The first-order chi connectivity index (χ1) is 7.16. The summed E-state index contributed by atoms with van der Waals surface area (Å²) in [7, 11) is 0. The molecule has 1 amide bonds. The van der Waals surface area contributed by atoms with Gasteiger partial charge in [0.2, 0.25) is 5.91 Å². The monoisotopic (exact) mass is 213 g/mol. The minimum Gasteiger partial charge on any atom is -0.388 e. The van der Waals surface area contributed by atoms with Gasteiger partial charge in [-0.2, -0.15) is 0 Å². The molecule has 1 saturated heterocycles. The number of rotatable bonds is 5. The highest BCUT2D eigenvalue weighted by Crippen LogP contribution is 2.19. The third-order valence-corrected chi connectivity index (χ3v) is 2.61. The largest absolute Gasteiger partial charge is 0.388 e. The average molecular weight is 213 g/mol. The van der Waals surface area contributed by atoms with Crippen LogP contribution in [0.1, 0.15) is 25.7 Å². The van der Waals surface area contributed by atoms with E-state index in [-0.39, 0.29) is 5.91 Å². The summed E-state index contributed by atoms with van der Waals surface area (Å²) in [6.45, 7) is 5.01. The summed E-state index contributed by atoms with van der Waals surface area (Å²) in [6, 6.07) is 0. The maximum atomic E-state index is 11.3. The minimum atomic E-state index is -0.776. The number of hydrogen-bond acceptors (Lipinski definition) is 3. The Morgan fingerprint density at radius 3 is 2.80 bits per heavy atom. The van der Waals surface area contributed by atoms with Crippen LogP contribution < -0.4 is 5.32 Å². The molecule has 15 heavy (non-hydrogen) atoms. The van der Waals surface area contributed by atoms with Crippen LogP contribution in [-0.4, -0.2) is 36.4 Å². The molecule has 0 aromatic heterocycles. The number of allylic oxidation sites excluding steroid dienone is 1. The van der Waals surface area contributed by atoms with Gasteiger partial charge in [0.15, 0.2) is 0 Å². The maximum Gasteiger partial charge on any atom is 0.220 e. The maximum absolute atomic E-state index is 11.3. The molecular formula is C11H19NO3. The molecule has 0 spiro atoms. The van der Waals surface area contributed by atoms with Crippen molar-refractivity contribution in [2.75, 3.05) is 19.8 Å². The van der Waals surface area contributed by atoms with Crippen LogP contribution in [0.15, 0.2) is 12.7 Å². The zero-order valence-corrected chi connectivity index (χ0v) is 9.00. The van der Waals surface area contributed by atoms with Crippen LogP contribution >= 0.6 is 0 Å². The van der Waals surface area contributed by atoms with Gasteiger partial charge in [0.25, 0.3) is 0 Å². The molecular weight excluding hydrogens is 194 g/mol. The van der Waals surface area contributed by atoms with Gasteiger partial charge in [-0.3, -0.25) is 4.79 Å². The quantitative estimate of drug-likeness (QED) is 0.658. The number of nitrogens with one attached hydrogen (secondary N) is 1. The van der Waals surface area contributed by atoms with Crippen molar-refractivity contribution in [3.05, 3.63) is 12.7 Å². The highest BCUT2D eigenvalue weighted by molar-refractivity contribution is 5.76. The van der Waals surface area contributed by atoms with Crippen LogP contribution in [0.25, 0.3) is 0 Å². The van der Waals surface area contributed by atoms with Gasteiger partial charge in [0.1, 0.15) is 0 Å². The first kappa shape index (κ1) is 12.2. The van der Waals surface area contributed by atoms with Crippen LogP contribution in [0.3, 0.4) is 0 Å². The summed E-state index contributed by atoms with van der Waals surface area (Å²) < 4.78 is 5.15. The van der Waals surface area contributed by atoms with Crippen LogP contribution in [0.5, 0.6) is 0 Å². The molecule has 2 N–H and O–H groups in total. The normalized spacial score (nSPS) is 19.5. The van der Waals surface area contributed by atoms with Crippen molar-refractivity contribution in [2.24, 2.45) is 0 Å². The van der Waals surface area contributed by atoms with Gasteiger partial charge in [-0.1, -0.05) is 6.08 Å². The van der Waals surface area contributed by atoms with Crippen molar-refractivity contribution in [3.8, 4) is 0 Å². The van der Waals surface area contributed by atoms with Gasteiger partial charge in [-0.25, -0.2) is 0 Å². The Morgan fingerprint density at radius 2 is 2.20 bits per heavy atom. The molecule has 0 aromatic carbocycles.